The van der Waals surface area contributed by atoms with Crippen LogP contribution in [0.25, 0.3) is 0 Å². The van der Waals surface area contributed by atoms with Crippen molar-refractivity contribution in [3.8, 4) is 0 Å². The quantitative estimate of drug-likeness (QED) is 0.109. The van der Waals surface area contributed by atoms with Gasteiger partial charge in [0.25, 0.3) is 10.1 Å². The van der Waals surface area contributed by atoms with E-state index in [1.165, 1.54) is 79.7 Å². The van der Waals surface area contributed by atoms with Crippen LogP contribution >= 0.6 is 10.3 Å². The lowest BCUT2D eigenvalue weighted by molar-refractivity contribution is -0.364. The van der Waals surface area contributed by atoms with Gasteiger partial charge in [-0.05, 0) is 97.6 Å². The van der Waals surface area contributed by atoms with Crippen LogP contribution < -0.4 is 0 Å². The number of hydrogen-bond acceptors (Lipinski definition) is 7. The molecule has 4 saturated carbocycles. The normalized spacial score (nSPS) is 25.0. The second kappa shape index (κ2) is 13.2. The summed E-state index contributed by atoms with van der Waals surface area (Å²) in [6, 6.07) is 22.8. The lowest BCUT2D eigenvalue weighted by Gasteiger charge is -2.60. The Morgan fingerprint density at radius 1 is 0.750 bits per heavy atom. The first kappa shape index (κ1) is 37.9. The molecule has 3 aromatic carbocycles. The van der Waals surface area contributed by atoms with Crippen molar-refractivity contribution in [2.45, 2.75) is 83.7 Å². The highest BCUT2D eigenvalue weighted by Crippen LogP contribution is 2.70. The summed E-state index contributed by atoms with van der Waals surface area (Å²) in [7, 11) is -9.47. The molecular weight excluding hydrogens is 735 g/mol. The van der Waals surface area contributed by atoms with Crippen molar-refractivity contribution in [3.05, 3.63) is 103 Å². The summed E-state index contributed by atoms with van der Waals surface area (Å²) >= 11 is 0. The van der Waals surface area contributed by atoms with E-state index in [1.807, 2.05) is 0 Å². The van der Waals surface area contributed by atoms with E-state index in [9.17, 15) is 18.0 Å². The predicted molar refractivity (Wildman–Crippen MR) is 178 cm³/mol. The molecule has 7 nitrogen and oxygen atoms in total. The molecule has 0 saturated heterocycles. The van der Waals surface area contributed by atoms with Gasteiger partial charge in [0.2, 0.25) is 0 Å². The molecule has 0 aliphatic heterocycles. The summed E-state index contributed by atoms with van der Waals surface area (Å²) < 4.78 is 135. The van der Waals surface area contributed by atoms with Crippen LogP contribution in [0.2, 0.25) is 0 Å². The van der Waals surface area contributed by atoms with Crippen LogP contribution in [0.15, 0.2) is 118 Å². The second-order valence-electron chi connectivity index (χ2n) is 14.1. The molecule has 0 amide bonds. The minimum absolute atomic E-state index is 0.0328. The van der Waals surface area contributed by atoms with Crippen molar-refractivity contribution in [2.24, 2.45) is 17.3 Å². The summed E-state index contributed by atoms with van der Waals surface area (Å²) in [6.45, 7) is 4.93. The van der Waals surface area contributed by atoms with Crippen LogP contribution in [0.3, 0.4) is 0 Å². The van der Waals surface area contributed by atoms with Gasteiger partial charge in [-0.3, -0.25) is 4.79 Å². The van der Waals surface area contributed by atoms with Gasteiger partial charge in [-0.1, -0.05) is 61.2 Å². The Hall–Kier alpha value is -3.82. The van der Waals surface area contributed by atoms with E-state index in [0.717, 1.165) is 0 Å². The SMILES string of the molecule is C=C(C)C(=O)OC12CC3CC(C1)CC(C(=O)OC(CS(=O)(=O)OS(c1ccccc1)(c1ccccc1)c1ccccc1)(C(F)(F)F)C(F)(F)F)(C3)C2. The number of hydrogen-bond donors (Lipinski definition) is 0. The van der Waals surface area contributed by atoms with E-state index in [0.29, 0.717) is 6.42 Å². The molecule has 15 heteroatoms. The molecule has 4 bridgehead atoms. The van der Waals surface area contributed by atoms with E-state index < -0.39 is 67.1 Å². The topological polar surface area (TPSA) is 96.0 Å². The molecule has 3 aromatic rings. The van der Waals surface area contributed by atoms with E-state index in [4.69, 9.17) is 8.37 Å². The Labute approximate surface area is 299 Å². The van der Waals surface area contributed by atoms with Crippen LogP contribution in [-0.4, -0.2) is 49.7 Å². The largest absolute Gasteiger partial charge is 0.456 e. The number of alkyl halides is 6. The molecule has 0 radical (unpaired) electrons. The fourth-order valence-corrected chi connectivity index (χ4v) is 14.0. The van der Waals surface area contributed by atoms with Crippen molar-refractivity contribution < 1.29 is 57.5 Å². The van der Waals surface area contributed by atoms with Gasteiger partial charge in [-0.25, -0.2) is 8.42 Å². The van der Waals surface area contributed by atoms with Crippen LogP contribution in [0.1, 0.15) is 45.4 Å². The lowest BCUT2D eigenvalue weighted by atomic mass is 9.48. The highest BCUT2D eigenvalue weighted by Gasteiger charge is 2.77. The molecule has 4 fully saturated rings. The fourth-order valence-electron chi connectivity index (χ4n) is 8.35. The van der Waals surface area contributed by atoms with Crippen molar-refractivity contribution in [2.75, 3.05) is 5.75 Å². The Balaban J connectivity index is 1.43. The zero-order valence-corrected chi connectivity index (χ0v) is 29.5. The van der Waals surface area contributed by atoms with Crippen molar-refractivity contribution >= 4 is 32.4 Å². The van der Waals surface area contributed by atoms with E-state index in [-0.39, 0.29) is 64.2 Å². The maximum absolute atomic E-state index is 15.1. The van der Waals surface area contributed by atoms with Crippen LogP contribution in [-0.2, 0) is 32.8 Å². The zero-order valence-electron chi connectivity index (χ0n) is 27.9. The molecule has 0 heterocycles. The molecule has 4 aliphatic carbocycles. The lowest BCUT2D eigenvalue weighted by Crippen LogP contribution is -2.66. The maximum Gasteiger partial charge on any atom is 0.438 e. The Kier molecular flexibility index (Phi) is 9.65. The number of benzene rings is 3. The van der Waals surface area contributed by atoms with Crippen LogP contribution in [0.4, 0.5) is 26.3 Å². The minimum atomic E-state index is -6.46. The highest BCUT2D eigenvalue weighted by molar-refractivity contribution is 8.33. The maximum atomic E-state index is 15.1. The number of ether oxygens (including phenoxy) is 2. The molecule has 52 heavy (non-hydrogen) atoms. The highest BCUT2D eigenvalue weighted by atomic mass is 32.3. The molecule has 0 N–H and O–H groups in total. The first-order valence-electron chi connectivity index (χ1n) is 16.4. The summed E-state index contributed by atoms with van der Waals surface area (Å²) in [5, 5.41) is 0. The summed E-state index contributed by atoms with van der Waals surface area (Å²) in [6.07, 6.45) is -12.4. The van der Waals surface area contributed by atoms with Gasteiger partial charge >= 0.3 is 29.9 Å². The van der Waals surface area contributed by atoms with Crippen molar-refractivity contribution in [1.82, 2.24) is 0 Å². The molecule has 0 spiro atoms. The molecule has 2 unspecified atom stereocenters. The van der Waals surface area contributed by atoms with Gasteiger partial charge in [0.05, 0.1) is 5.41 Å². The molecular formula is C37H36F6O7S2. The number of esters is 2. The van der Waals surface area contributed by atoms with Crippen LogP contribution in [0, 0.1) is 17.3 Å². The number of carbonyl (C=O) groups excluding carboxylic acids is 2. The summed E-state index contributed by atoms with van der Waals surface area (Å²) in [5.41, 5.74) is -8.70. The van der Waals surface area contributed by atoms with Crippen molar-refractivity contribution in [1.29, 1.82) is 0 Å². The van der Waals surface area contributed by atoms with Crippen LogP contribution in [0.5, 0.6) is 0 Å². The van der Waals surface area contributed by atoms with Gasteiger partial charge in [0.15, 0.2) is 0 Å². The van der Waals surface area contributed by atoms with Gasteiger partial charge in [0, 0.05) is 26.7 Å². The molecule has 7 rings (SSSR count). The average Bonchev–Trinajstić information content (AvgIpc) is 3.06. The third-order valence-corrected chi connectivity index (χ3v) is 15.3. The predicted octanol–water partition coefficient (Wildman–Crippen LogP) is 9.09. The monoisotopic (exact) mass is 770 g/mol. The fraction of sp³-hybridized carbons (Fsp3) is 0.405. The Bertz CT molecular complexity index is 1810. The Morgan fingerprint density at radius 3 is 1.56 bits per heavy atom. The first-order valence-corrected chi connectivity index (χ1v) is 19.6. The second-order valence-corrected chi connectivity index (χ2v) is 18.5. The number of halogens is 6. The Morgan fingerprint density at radius 2 is 1.17 bits per heavy atom. The first-order chi connectivity index (χ1) is 24.3. The molecule has 2 atom stereocenters. The van der Waals surface area contributed by atoms with E-state index in [2.05, 4.69) is 11.3 Å². The van der Waals surface area contributed by atoms with Gasteiger partial charge < -0.3 is 9.47 Å². The third kappa shape index (κ3) is 6.75. The molecule has 4 aliphatic rings. The van der Waals surface area contributed by atoms with Gasteiger partial charge in [-0.2, -0.15) is 34.8 Å². The summed E-state index contributed by atoms with van der Waals surface area (Å²) in [5.74, 6) is -6.16. The third-order valence-electron chi connectivity index (χ3n) is 10.1. The smallest absolute Gasteiger partial charge is 0.438 e. The van der Waals surface area contributed by atoms with E-state index in [1.54, 1.807) is 18.2 Å². The van der Waals surface area contributed by atoms with Gasteiger partial charge in [0.1, 0.15) is 11.4 Å². The number of rotatable bonds is 11. The molecule has 0 aromatic heterocycles. The molecule has 280 valence electrons. The zero-order chi connectivity index (χ0) is 37.8. The van der Waals surface area contributed by atoms with Gasteiger partial charge in [-0.15, -0.1) is 0 Å². The van der Waals surface area contributed by atoms with E-state index >= 15 is 26.3 Å². The van der Waals surface area contributed by atoms with Crippen molar-refractivity contribution in [3.63, 3.8) is 0 Å². The average molecular weight is 771 g/mol. The minimum Gasteiger partial charge on any atom is -0.456 e. The standard InChI is InChI=1S/C37H36F6O7S2/c1-25(2)31(44)48-34-21-26-18-27(22-34)20-33(19-26,23-34)32(45)49-35(36(38,39)40,37(41,42)43)24-51(46,47)50-52(28-12-6-3-7-13-28,29-14-8-4-9-15-29)30-16-10-5-11-17-30/h3-17,26-27H,1,18-24H2,2H3. The summed E-state index contributed by atoms with van der Waals surface area (Å²) in [4.78, 5) is 27.1. The number of carbonyl (C=O) groups is 2.